The van der Waals surface area contributed by atoms with Gasteiger partial charge in [-0.3, -0.25) is 9.58 Å². The van der Waals surface area contributed by atoms with Crippen molar-refractivity contribution >= 4 is 9.84 Å². The summed E-state index contributed by atoms with van der Waals surface area (Å²) in [5.74, 6) is 3.73. The highest BCUT2D eigenvalue weighted by Gasteiger charge is 2.40. The second-order valence-corrected chi connectivity index (χ2v) is 9.36. The number of hydrogen-bond donors (Lipinski definition) is 0. The molecule has 3 fully saturated rings. The first kappa shape index (κ1) is 14.6. The molecule has 1 aliphatic heterocycles. The molecular weight excluding hydrogens is 300 g/mol. The molecule has 0 N–H and O–H groups in total. The van der Waals surface area contributed by atoms with Crippen LogP contribution in [-0.2, 0) is 23.4 Å². The van der Waals surface area contributed by atoms with Gasteiger partial charge in [0.15, 0.2) is 15.7 Å². The first-order valence-corrected chi connectivity index (χ1v) is 10.2. The van der Waals surface area contributed by atoms with Crippen LogP contribution in [0, 0.1) is 5.92 Å². The standard InChI is InChI=1S/C15H24N4O2S/c1-18-14(16-15(17-18)12-5-6-12)9-19-7-2-8-22(20,21)10-13(19)11-3-4-11/h11-13H,2-10H2,1H3. The van der Waals surface area contributed by atoms with E-state index in [1.807, 2.05) is 11.7 Å². The van der Waals surface area contributed by atoms with Gasteiger partial charge < -0.3 is 0 Å². The smallest absolute Gasteiger partial charge is 0.154 e. The van der Waals surface area contributed by atoms with Crippen LogP contribution in [0.2, 0.25) is 0 Å². The Morgan fingerprint density at radius 1 is 1.23 bits per heavy atom. The maximum Gasteiger partial charge on any atom is 0.154 e. The summed E-state index contributed by atoms with van der Waals surface area (Å²) < 4.78 is 26.1. The van der Waals surface area contributed by atoms with Gasteiger partial charge in [-0.05, 0) is 44.6 Å². The molecule has 2 heterocycles. The molecule has 0 bridgehead atoms. The van der Waals surface area contributed by atoms with Gasteiger partial charge in [-0.2, -0.15) is 5.10 Å². The van der Waals surface area contributed by atoms with Crippen LogP contribution < -0.4 is 0 Å². The van der Waals surface area contributed by atoms with Gasteiger partial charge in [0.1, 0.15) is 5.82 Å². The van der Waals surface area contributed by atoms with E-state index in [9.17, 15) is 8.42 Å². The SMILES string of the molecule is Cn1nc(C2CC2)nc1CN1CCCS(=O)(=O)CC1C1CC1. The van der Waals surface area contributed by atoms with E-state index < -0.39 is 9.84 Å². The third kappa shape index (κ3) is 3.06. The molecule has 0 aromatic carbocycles. The lowest BCUT2D eigenvalue weighted by Crippen LogP contribution is -2.40. The Kier molecular flexibility index (Phi) is 3.52. The van der Waals surface area contributed by atoms with Crippen LogP contribution in [0.4, 0.5) is 0 Å². The lowest BCUT2D eigenvalue weighted by atomic mass is 10.1. The van der Waals surface area contributed by atoms with E-state index in [1.54, 1.807) is 0 Å². The molecule has 1 aromatic rings. The minimum atomic E-state index is -2.89. The van der Waals surface area contributed by atoms with E-state index in [4.69, 9.17) is 4.98 Å². The number of sulfone groups is 1. The zero-order valence-corrected chi connectivity index (χ0v) is 13.9. The highest BCUT2D eigenvalue weighted by Crippen LogP contribution is 2.39. The van der Waals surface area contributed by atoms with Crippen molar-refractivity contribution in [3.05, 3.63) is 11.6 Å². The second kappa shape index (κ2) is 5.30. The molecule has 22 heavy (non-hydrogen) atoms. The normalized spacial score (nSPS) is 29.4. The molecule has 122 valence electrons. The molecule has 1 aromatic heterocycles. The summed E-state index contributed by atoms with van der Waals surface area (Å²) in [5, 5.41) is 4.54. The topological polar surface area (TPSA) is 68.1 Å². The van der Waals surface area contributed by atoms with Crippen molar-refractivity contribution in [2.24, 2.45) is 13.0 Å². The molecule has 6 nitrogen and oxygen atoms in total. The van der Waals surface area contributed by atoms with Crippen molar-refractivity contribution in [1.82, 2.24) is 19.7 Å². The molecular formula is C15H24N4O2S. The van der Waals surface area contributed by atoms with Crippen molar-refractivity contribution in [1.29, 1.82) is 0 Å². The van der Waals surface area contributed by atoms with Crippen molar-refractivity contribution < 1.29 is 8.42 Å². The van der Waals surface area contributed by atoms with Crippen LogP contribution in [0.3, 0.4) is 0 Å². The summed E-state index contributed by atoms with van der Waals surface area (Å²) in [6.45, 7) is 1.58. The second-order valence-electron chi connectivity index (χ2n) is 7.13. The quantitative estimate of drug-likeness (QED) is 0.829. The molecule has 0 radical (unpaired) electrons. The number of aryl methyl sites for hydroxylation is 1. The van der Waals surface area contributed by atoms with E-state index in [2.05, 4.69) is 10.00 Å². The van der Waals surface area contributed by atoms with E-state index in [0.29, 0.717) is 23.3 Å². The Labute approximate surface area is 131 Å². The first-order chi connectivity index (χ1) is 10.5. The largest absolute Gasteiger partial charge is 0.292 e. The molecule has 1 unspecified atom stereocenters. The summed E-state index contributed by atoms with van der Waals surface area (Å²) in [6.07, 6.45) is 5.48. The fourth-order valence-electron chi connectivity index (χ4n) is 3.49. The summed E-state index contributed by atoms with van der Waals surface area (Å²) in [6, 6.07) is 0.175. The molecule has 4 rings (SSSR count). The van der Waals surface area contributed by atoms with Crippen molar-refractivity contribution in [3.8, 4) is 0 Å². The molecule has 2 saturated carbocycles. The van der Waals surface area contributed by atoms with E-state index in [1.165, 1.54) is 25.7 Å². The Bertz CT molecular complexity index is 661. The maximum absolute atomic E-state index is 12.1. The van der Waals surface area contributed by atoms with Gasteiger partial charge in [-0.1, -0.05) is 0 Å². The van der Waals surface area contributed by atoms with Gasteiger partial charge in [-0.25, -0.2) is 13.4 Å². The highest BCUT2D eigenvalue weighted by atomic mass is 32.2. The fourth-order valence-corrected chi connectivity index (χ4v) is 5.22. The van der Waals surface area contributed by atoms with Gasteiger partial charge in [0.05, 0.1) is 18.1 Å². The van der Waals surface area contributed by atoms with Crippen LogP contribution in [0.25, 0.3) is 0 Å². The van der Waals surface area contributed by atoms with Crippen LogP contribution >= 0.6 is 0 Å². The molecule has 0 amide bonds. The van der Waals surface area contributed by atoms with Crippen LogP contribution in [0.15, 0.2) is 0 Å². The lowest BCUT2D eigenvalue weighted by molar-refractivity contribution is 0.181. The minimum Gasteiger partial charge on any atom is -0.292 e. The Morgan fingerprint density at radius 3 is 2.68 bits per heavy atom. The predicted molar refractivity (Wildman–Crippen MR) is 83.2 cm³/mol. The molecule has 0 spiro atoms. The van der Waals surface area contributed by atoms with Crippen molar-refractivity contribution in [3.63, 3.8) is 0 Å². The average Bonchev–Trinajstić information content (AvgIpc) is 3.34. The molecule has 1 saturated heterocycles. The summed E-state index contributed by atoms with van der Waals surface area (Å²) >= 11 is 0. The van der Waals surface area contributed by atoms with Crippen molar-refractivity contribution in [2.45, 2.75) is 50.6 Å². The molecule has 2 aliphatic carbocycles. The van der Waals surface area contributed by atoms with E-state index in [0.717, 1.165) is 31.2 Å². The third-order valence-electron chi connectivity index (χ3n) is 5.12. The zero-order chi connectivity index (χ0) is 15.3. The minimum absolute atomic E-state index is 0.175. The van der Waals surface area contributed by atoms with Crippen molar-refractivity contribution in [2.75, 3.05) is 18.1 Å². The van der Waals surface area contributed by atoms with Gasteiger partial charge in [-0.15, -0.1) is 0 Å². The Balaban J connectivity index is 1.54. The number of rotatable bonds is 4. The highest BCUT2D eigenvalue weighted by molar-refractivity contribution is 7.91. The number of aromatic nitrogens is 3. The van der Waals surface area contributed by atoms with E-state index in [-0.39, 0.29) is 6.04 Å². The summed E-state index contributed by atoms with van der Waals surface area (Å²) in [4.78, 5) is 7.06. The predicted octanol–water partition coefficient (Wildman–Crippen LogP) is 1.09. The monoisotopic (exact) mass is 324 g/mol. The van der Waals surface area contributed by atoms with Gasteiger partial charge in [0, 0.05) is 19.0 Å². The molecule has 1 atom stereocenters. The zero-order valence-electron chi connectivity index (χ0n) is 13.1. The summed E-state index contributed by atoms with van der Waals surface area (Å²) in [5.41, 5.74) is 0. The lowest BCUT2D eigenvalue weighted by Gasteiger charge is -2.28. The number of nitrogens with zero attached hydrogens (tertiary/aromatic N) is 4. The van der Waals surface area contributed by atoms with Gasteiger partial charge in [0.25, 0.3) is 0 Å². The first-order valence-electron chi connectivity index (χ1n) is 8.36. The Hall–Kier alpha value is -0.950. The third-order valence-corrected chi connectivity index (χ3v) is 6.88. The number of hydrogen-bond acceptors (Lipinski definition) is 5. The van der Waals surface area contributed by atoms with E-state index >= 15 is 0 Å². The Morgan fingerprint density at radius 2 is 2.00 bits per heavy atom. The fraction of sp³-hybridized carbons (Fsp3) is 0.867. The van der Waals surface area contributed by atoms with Crippen LogP contribution in [-0.4, -0.2) is 52.2 Å². The van der Waals surface area contributed by atoms with Crippen LogP contribution in [0.5, 0.6) is 0 Å². The van der Waals surface area contributed by atoms with Gasteiger partial charge >= 0.3 is 0 Å². The summed E-state index contributed by atoms with van der Waals surface area (Å²) in [7, 11) is -0.938. The van der Waals surface area contributed by atoms with Crippen LogP contribution in [0.1, 0.15) is 49.7 Å². The molecule has 3 aliphatic rings. The molecule has 7 heteroatoms. The maximum atomic E-state index is 12.1. The average molecular weight is 324 g/mol. The van der Waals surface area contributed by atoms with Gasteiger partial charge in [0.2, 0.25) is 0 Å².